The third-order valence-electron chi connectivity index (χ3n) is 4.10. The summed E-state index contributed by atoms with van der Waals surface area (Å²) in [6.45, 7) is 4.38. The van der Waals surface area contributed by atoms with Gasteiger partial charge >= 0.3 is 0 Å². The number of hydrogen-bond donors (Lipinski definition) is 1. The first-order valence-corrected chi connectivity index (χ1v) is 9.06. The van der Waals surface area contributed by atoms with Crippen LogP contribution >= 0.6 is 35.4 Å². The molecule has 1 fully saturated rings. The van der Waals surface area contributed by atoms with E-state index in [-0.39, 0.29) is 0 Å². The number of hydrogen-bond acceptors (Lipinski definition) is 2. The SMILES string of the molecule is S=C(NCc1ccc(Cl)cc1)N1CCN(c2cccc(Cl)c2)CC1. The fourth-order valence-corrected chi connectivity index (χ4v) is 3.30. The Balaban J connectivity index is 1.49. The molecule has 126 valence electrons. The molecular weight excluding hydrogens is 361 g/mol. The third kappa shape index (κ3) is 4.53. The standard InChI is InChI=1S/C18H19Cl2N3S/c19-15-6-4-14(5-7-15)13-21-18(24)23-10-8-22(9-11-23)17-3-1-2-16(20)12-17/h1-7,12H,8-11,13H2,(H,21,24). The molecule has 1 aliphatic heterocycles. The van der Waals surface area contributed by atoms with Gasteiger partial charge in [-0.15, -0.1) is 0 Å². The number of anilines is 1. The molecule has 0 bridgehead atoms. The predicted molar refractivity (Wildman–Crippen MR) is 106 cm³/mol. The average molecular weight is 380 g/mol. The van der Waals surface area contributed by atoms with Gasteiger partial charge in [0.25, 0.3) is 0 Å². The van der Waals surface area contributed by atoms with Crippen LogP contribution < -0.4 is 10.2 Å². The second-order valence-electron chi connectivity index (χ2n) is 5.74. The summed E-state index contributed by atoms with van der Waals surface area (Å²) >= 11 is 17.5. The van der Waals surface area contributed by atoms with Crippen molar-refractivity contribution in [3.05, 3.63) is 64.1 Å². The summed E-state index contributed by atoms with van der Waals surface area (Å²) in [4.78, 5) is 4.55. The predicted octanol–water partition coefficient (Wildman–Crippen LogP) is 4.19. The van der Waals surface area contributed by atoms with Crippen LogP contribution in [0.15, 0.2) is 48.5 Å². The molecule has 0 radical (unpaired) electrons. The van der Waals surface area contributed by atoms with Gasteiger partial charge in [-0.1, -0.05) is 41.4 Å². The Kier molecular flexibility index (Phi) is 5.82. The Morgan fingerprint density at radius 3 is 2.33 bits per heavy atom. The van der Waals surface area contributed by atoms with E-state index in [9.17, 15) is 0 Å². The van der Waals surface area contributed by atoms with E-state index in [1.165, 1.54) is 11.3 Å². The molecule has 24 heavy (non-hydrogen) atoms. The molecule has 0 spiro atoms. The van der Waals surface area contributed by atoms with Gasteiger partial charge in [-0.25, -0.2) is 0 Å². The molecular formula is C18H19Cl2N3S. The molecule has 2 aromatic carbocycles. The van der Waals surface area contributed by atoms with Gasteiger partial charge in [0, 0.05) is 48.5 Å². The van der Waals surface area contributed by atoms with Crippen LogP contribution in [0, 0.1) is 0 Å². The lowest BCUT2D eigenvalue weighted by Gasteiger charge is -2.37. The van der Waals surface area contributed by atoms with Gasteiger partial charge in [0.15, 0.2) is 5.11 Å². The summed E-state index contributed by atoms with van der Waals surface area (Å²) in [7, 11) is 0. The summed E-state index contributed by atoms with van der Waals surface area (Å²) in [6.07, 6.45) is 0. The molecule has 1 aliphatic rings. The summed E-state index contributed by atoms with van der Waals surface area (Å²) in [5, 5.41) is 5.65. The maximum atomic E-state index is 6.08. The van der Waals surface area contributed by atoms with Crippen molar-refractivity contribution in [1.82, 2.24) is 10.2 Å². The van der Waals surface area contributed by atoms with Gasteiger partial charge in [-0.05, 0) is 48.1 Å². The van der Waals surface area contributed by atoms with Gasteiger partial charge in [0.1, 0.15) is 0 Å². The van der Waals surface area contributed by atoms with E-state index in [0.717, 1.165) is 41.3 Å². The van der Waals surface area contributed by atoms with E-state index in [4.69, 9.17) is 35.4 Å². The highest BCUT2D eigenvalue weighted by atomic mass is 35.5. The molecule has 2 aromatic rings. The highest BCUT2D eigenvalue weighted by Crippen LogP contribution is 2.20. The van der Waals surface area contributed by atoms with Crippen molar-refractivity contribution >= 4 is 46.2 Å². The minimum absolute atomic E-state index is 0.713. The number of nitrogens with zero attached hydrogens (tertiary/aromatic N) is 2. The fourth-order valence-electron chi connectivity index (χ4n) is 2.73. The quantitative estimate of drug-likeness (QED) is 0.805. The van der Waals surface area contributed by atoms with E-state index in [1.54, 1.807) is 0 Å². The van der Waals surface area contributed by atoms with Gasteiger partial charge in [-0.2, -0.15) is 0 Å². The van der Waals surface area contributed by atoms with Gasteiger partial charge in [0.05, 0.1) is 0 Å². The first-order valence-electron chi connectivity index (χ1n) is 7.89. The minimum atomic E-state index is 0.713. The molecule has 0 saturated carbocycles. The topological polar surface area (TPSA) is 18.5 Å². The first-order chi connectivity index (χ1) is 11.6. The Labute approximate surface area is 158 Å². The Morgan fingerprint density at radius 2 is 1.67 bits per heavy atom. The third-order valence-corrected chi connectivity index (χ3v) is 4.99. The molecule has 1 saturated heterocycles. The zero-order valence-corrected chi connectivity index (χ0v) is 15.5. The number of piperazine rings is 1. The maximum absolute atomic E-state index is 6.08. The van der Waals surface area contributed by atoms with Crippen molar-refractivity contribution in [2.24, 2.45) is 0 Å². The molecule has 0 atom stereocenters. The molecule has 3 rings (SSSR count). The minimum Gasteiger partial charge on any atom is -0.368 e. The van der Waals surface area contributed by atoms with Crippen LogP contribution in [0.25, 0.3) is 0 Å². The van der Waals surface area contributed by atoms with E-state index in [1.807, 2.05) is 42.5 Å². The van der Waals surface area contributed by atoms with Crippen molar-refractivity contribution in [3.8, 4) is 0 Å². The summed E-state index contributed by atoms with van der Waals surface area (Å²) < 4.78 is 0. The Bertz CT molecular complexity index is 698. The van der Waals surface area contributed by atoms with Crippen LogP contribution in [-0.4, -0.2) is 36.2 Å². The zero-order chi connectivity index (χ0) is 16.9. The highest BCUT2D eigenvalue weighted by Gasteiger charge is 2.19. The number of halogens is 2. The van der Waals surface area contributed by atoms with Gasteiger partial charge in [-0.3, -0.25) is 0 Å². The van der Waals surface area contributed by atoms with E-state index in [2.05, 4.69) is 21.2 Å². The van der Waals surface area contributed by atoms with Gasteiger partial charge in [0.2, 0.25) is 0 Å². The van der Waals surface area contributed by atoms with Crippen molar-refractivity contribution in [1.29, 1.82) is 0 Å². The van der Waals surface area contributed by atoms with Crippen LogP contribution in [0.3, 0.4) is 0 Å². The van der Waals surface area contributed by atoms with Crippen molar-refractivity contribution in [3.63, 3.8) is 0 Å². The van der Waals surface area contributed by atoms with Crippen molar-refractivity contribution in [2.45, 2.75) is 6.54 Å². The monoisotopic (exact) mass is 379 g/mol. The lowest BCUT2D eigenvalue weighted by molar-refractivity contribution is 0.380. The molecule has 1 heterocycles. The molecule has 6 heteroatoms. The number of benzene rings is 2. The van der Waals surface area contributed by atoms with Crippen molar-refractivity contribution in [2.75, 3.05) is 31.1 Å². The van der Waals surface area contributed by atoms with Crippen LogP contribution in [-0.2, 0) is 6.54 Å². The Morgan fingerprint density at radius 1 is 0.958 bits per heavy atom. The molecule has 0 unspecified atom stereocenters. The van der Waals surface area contributed by atoms with Crippen molar-refractivity contribution < 1.29 is 0 Å². The smallest absolute Gasteiger partial charge is 0.169 e. The maximum Gasteiger partial charge on any atom is 0.169 e. The lowest BCUT2D eigenvalue weighted by atomic mass is 10.2. The van der Waals surface area contributed by atoms with Gasteiger partial charge < -0.3 is 15.1 Å². The summed E-state index contributed by atoms with van der Waals surface area (Å²) in [5.41, 5.74) is 2.33. The number of thiocarbonyl (C=S) groups is 1. The number of rotatable bonds is 3. The van der Waals surface area contributed by atoms with Crippen LogP contribution in [0.4, 0.5) is 5.69 Å². The fraction of sp³-hybridized carbons (Fsp3) is 0.278. The summed E-state index contributed by atoms with van der Waals surface area (Å²) in [6, 6.07) is 15.8. The van der Waals surface area contributed by atoms with E-state index in [0.29, 0.717) is 6.54 Å². The van der Waals surface area contributed by atoms with E-state index >= 15 is 0 Å². The number of nitrogens with one attached hydrogen (secondary N) is 1. The first kappa shape index (κ1) is 17.3. The van der Waals surface area contributed by atoms with E-state index < -0.39 is 0 Å². The second-order valence-corrected chi connectivity index (χ2v) is 7.00. The lowest BCUT2D eigenvalue weighted by Crippen LogP contribution is -2.51. The molecule has 0 aromatic heterocycles. The molecule has 3 nitrogen and oxygen atoms in total. The Hall–Kier alpha value is -1.49. The molecule has 0 amide bonds. The van der Waals surface area contributed by atoms with Crippen LogP contribution in [0.1, 0.15) is 5.56 Å². The largest absolute Gasteiger partial charge is 0.368 e. The van der Waals surface area contributed by atoms with Crippen LogP contribution in [0.2, 0.25) is 10.0 Å². The second kappa shape index (κ2) is 8.06. The normalized spacial score (nSPS) is 14.6. The molecule has 0 aliphatic carbocycles. The average Bonchev–Trinajstić information content (AvgIpc) is 2.61. The zero-order valence-electron chi connectivity index (χ0n) is 13.2. The van der Waals surface area contributed by atoms with Crippen LogP contribution in [0.5, 0.6) is 0 Å². The highest BCUT2D eigenvalue weighted by molar-refractivity contribution is 7.80. The molecule has 1 N–H and O–H groups in total. The summed E-state index contributed by atoms with van der Waals surface area (Å²) in [5.74, 6) is 0.